The first-order valence-corrected chi connectivity index (χ1v) is 3.55. The molecule has 0 amide bonds. The van der Waals surface area contributed by atoms with Gasteiger partial charge < -0.3 is 10.7 Å². The van der Waals surface area contributed by atoms with Crippen LogP contribution in [0.5, 0.6) is 0 Å². The van der Waals surface area contributed by atoms with Crippen molar-refractivity contribution >= 4 is 40.5 Å². The summed E-state index contributed by atoms with van der Waals surface area (Å²) in [6.45, 7) is 0. The van der Waals surface area contributed by atoms with E-state index in [4.69, 9.17) is 34.8 Å². The van der Waals surface area contributed by atoms with Crippen LogP contribution in [0.15, 0.2) is 0 Å². The molecule has 0 radical (unpaired) electrons. The van der Waals surface area contributed by atoms with E-state index in [0.29, 0.717) is 0 Å². The highest BCUT2D eigenvalue weighted by molar-refractivity contribution is 6.38. The van der Waals surface area contributed by atoms with E-state index in [1.807, 2.05) is 0 Å². The van der Waals surface area contributed by atoms with Crippen molar-refractivity contribution in [3.05, 3.63) is 20.8 Å². The first-order chi connectivity index (χ1) is 5.15. The van der Waals surface area contributed by atoms with E-state index >= 15 is 0 Å². The van der Waals surface area contributed by atoms with Gasteiger partial charge in [-0.1, -0.05) is 23.2 Å². The molecule has 0 bridgehead atoms. The lowest BCUT2D eigenvalue weighted by Crippen LogP contribution is -1.93. The quantitative estimate of drug-likeness (QED) is 0.442. The third-order valence-electron chi connectivity index (χ3n) is 0.895. The molecule has 7 heteroatoms. The second-order valence-corrected chi connectivity index (χ2v) is 2.61. The average Bonchev–Trinajstić information content (AvgIpc) is 1.85. The van der Waals surface area contributed by atoms with Gasteiger partial charge >= 0.3 is 0 Å². The van der Waals surface area contributed by atoms with Gasteiger partial charge in [-0.2, -0.15) is 0 Å². The second kappa shape index (κ2) is 3.40. The molecule has 0 aromatic carbocycles. The topological polar surface area (TPSA) is 60.9 Å². The number of hydrogen-bond acceptors (Lipinski definition) is 4. The molecule has 0 saturated heterocycles. The van der Waals surface area contributed by atoms with Crippen LogP contribution in [0.1, 0.15) is 0 Å². The summed E-state index contributed by atoms with van der Waals surface area (Å²) in [6.07, 6.45) is 0. The minimum atomic E-state index is -0.0981. The molecular formula is C4HCl3N3O-. The van der Waals surface area contributed by atoms with Crippen molar-refractivity contribution in [2.45, 2.75) is 0 Å². The van der Waals surface area contributed by atoms with Crippen molar-refractivity contribution < 1.29 is 0 Å². The van der Waals surface area contributed by atoms with Crippen LogP contribution < -0.4 is 5.48 Å². The molecule has 0 atom stereocenters. The van der Waals surface area contributed by atoms with Crippen LogP contribution in [0, 0.1) is 5.21 Å². The van der Waals surface area contributed by atoms with Gasteiger partial charge in [-0.25, -0.2) is 9.97 Å². The molecule has 0 spiro atoms. The van der Waals surface area contributed by atoms with E-state index in [2.05, 4.69) is 9.97 Å². The van der Waals surface area contributed by atoms with Gasteiger partial charge in [0.15, 0.2) is 10.3 Å². The van der Waals surface area contributed by atoms with E-state index in [9.17, 15) is 5.21 Å². The maximum atomic E-state index is 10.1. The van der Waals surface area contributed by atoms with Crippen molar-refractivity contribution in [3.63, 3.8) is 0 Å². The van der Waals surface area contributed by atoms with Crippen LogP contribution in [0.4, 0.5) is 5.69 Å². The minimum Gasteiger partial charge on any atom is -0.761 e. The van der Waals surface area contributed by atoms with Crippen molar-refractivity contribution in [2.75, 3.05) is 5.48 Å². The molecular weight excluding hydrogens is 212 g/mol. The standard InChI is InChI=1S/C4HCl3N3O/c5-2-1(10-11)3(6)9-4(7)8-2/h10H/q-1. The third kappa shape index (κ3) is 1.84. The highest BCUT2D eigenvalue weighted by Gasteiger charge is 2.06. The summed E-state index contributed by atoms with van der Waals surface area (Å²) in [7, 11) is 0. The Morgan fingerprint density at radius 2 is 1.55 bits per heavy atom. The normalized spacial score (nSPS) is 9.82. The lowest BCUT2D eigenvalue weighted by molar-refractivity contribution is 1.17. The molecule has 0 unspecified atom stereocenters. The van der Waals surface area contributed by atoms with Gasteiger partial charge in [-0.15, -0.1) is 0 Å². The van der Waals surface area contributed by atoms with E-state index < -0.39 is 0 Å². The molecule has 0 aliphatic heterocycles. The summed E-state index contributed by atoms with van der Waals surface area (Å²) in [5.74, 6) is 0. The van der Waals surface area contributed by atoms with Crippen molar-refractivity contribution in [1.82, 2.24) is 9.97 Å². The van der Waals surface area contributed by atoms with E-state index in [1.54, 1.807) is 0 Å². The summed E-state index contributed by atoms with van der Waals surface area (Å²) in [6, 6.07) is 0. The Labute approximate surface area is 77.1 Å². The monoisotopic (exact) mass is 212 g/mol. The molecule has 1 heterocycles. The van der Waals surface area contributed by atoms with Crippen LogP contribution >= 0.6 is 34.8 Å². The predicted molar refractivity (Wildman–Crippen MR) is 44.1 cm³/mol. The fourth-order valence-corrected chi connectivity index (χ4v) is 1.19. The zero-order valence-corrected chi connectivity index (χ0v) is 7.20. The molecule has 1 aromatic heterocycles. The Bertz CT molecular complexity index is 256. The zero-order valence-electron chi connectivity index (χ0n) is 4.94. The fraction of sp³-hybridized carbons (Fsp3) is 0. The van der Waals surface area contributed by atoms with Gasteiger partial charge in [-0.05, 0) is 11.6 Å². The molecule has 0 aliphatic carbocycles. The molecule has 0 saturated carbocycles. The number of nitrogens with zero attached hydrogens (tertiary/aromatic N) is 2. The summed E-state index contributed by atoms with van der Waals surface area (Å²) in [4.78, 5) is 6.96. The third-order valence-corrected chi connectivity index (χ3v) is 1.61. The Morgan fingerprint density at radius 1 is 1.09 bits per heavy atom. The molecule has 0 fully saturated rings. The number of nitrogens with one attached hydrogen (secondary N) is 1. The highest BCUT2D eigenvalue weighted by Crippen LogP contribution is 2.27. The van der Waals surface area contributed by atoms with Crippen molar-refractivity contribution in [3.8, 4) is 0 Å². The molecule has 1 N–H and O–H groups in total. The first-order valence-electron chi connectivity index (χ1n) is 2.42. The number of aromatic nitrogens is 2. The van der Waals surface area contributed by atoms with Gasteiger partial charge in [0.25, 0.3) is 0 Å². The number of halogens is 3. The molecule has 4 nitrogen and oxygen atoms in total. The molecule has 1 aromatic rings. The molecule has 1 rings (SSSR count). The largest absolute Gasteiger partial charge is 0.761 e. The van der Waals surface area contributed by atoms with Gasteiger partial charge in [-0.3, -0.25) is 0 Å². The number of hydrogen-bond donors (Lipinski definition) is 1. The van der Waals surface area contributed by atoms with E-state index in [-0.39, 0.29) is 21.3 Å². The lowest BCUT2D eigenvalue weighted by atomic mass is 10.6. The first kappa shape index (κ1) is 8.80. The van der Waals surface area contributed by atoms with Crippen LogP contribution in [0.2, 0.25) is 15.6 Å². The summed E-state index contributed by atoms with van der Waals surface area (Å²) in [5.41, 5.74) is 1.42. The Balaban J connectivity index is 3.25. The van der Waals surface area contributed by atoms with Gasteiger partial charge in [0, 0.05) is 0 Å². The maximum absolute atomic E-state index is 10.1. The highest BCUT2D eigenvalue weighted by atomic mass is 35.5. The van der Waals surface area contributed by atoms with Gasteiger partial charge in [0.2, 0.25) is 5.28 Å². The van der Waals surface area contributed by atoms with Gasteiger partial charge in [0.05, 0.1) is 5.69 Å². The summed E-state index contributed by atoms with van der Waals surface area (Å²) >= 11 is 16.3. The predicted octanol–water partition coefficient (Wildman–Crippen LogP) is 2.35. The molecule has 60 valence electrons. The van der Waals surface area contributed by atoms with Crippen LogP contribution in [-0.4, -0.2) is 9.97 Å². The van der Waals surface area contributed by atoms with Crippen molar-refractivity contribution in [2.24, 2.45) is 0 Å². The Kier molecular flexibility index (Phi) is 2.72. The fourth-order valence-electron chi connectivity index (χ4n) is 0.468. The smallest absolute Gasteiger partial charge is 0.225 e. The lowest BCUT2D eigenvalue weighted by Gasteiger charge is -2.10. The Hall–Kier alpha value is -0.290. The SMILES string of the molecule is [O-]Nc1c(Cl)nc(Cl)nc1Cl. The summed E-state index contributed by atoms with van der Waals surface area (Å²) < 4.78 is 0. The van der Waals surface area contributed by atoms with Crippen LogP contribution in [0.3, 0.4) is 0 Å². The Morgan fingerprint density at radius 3 is 1.91 bits per heavy atom. The summed E-state index contributed by atoms with van der Waals surface area (Å²) in [5, 5.41) is 9.86. The van der Waals surface area contributed by atoms with Crippen molar-refractivity contribution in [1.29, 1.82) is 0 Å². The minimum absolute atomic E-state index is 0.0715. The van der Waals surface area contributed by atoms with E-state index in [1.165, 1.54) is 5.48 Å². The van der Waals surface area contributed by atoms with Gasteiger partial charge in [0.1, 0.15) is 0 Å². The van der Waals surface area contributed by atoms with Crippen LogP contribution in [-0.2, 0) is 0 Å². The maximum Gasteiger partial charge on any atom is 0.225 e. The molecule has 0 aliphatic rings. The second-order valence-electron chi connectivity index (χ2n) is 1.55. The number of rotatable bonds is 1. The zero-order chi connectivity index (χ0) is 8.43. The van der Waals surface area contributed by atoms with Crippen LogP contribution in [0.25, 0.3) is 0 Å². The average molecular weight is 213 g/mol. The number of anilines is 1. The van der Waals surface area contributed by atoms with E-state index in [0.717, 1.165) is 0 Å². The molecule has 11 heavy (non-hydrogen) atoms.